The lowest BCUT2D eigenvalue weighted by molar-refractivity contribution is -0.548. The molecule has 4 atom stereocenters. The lowest BCUT2D eigenvalue weighted by Crippen LogP contribution is -2.41. The molecule has 0 aromatic heterocycles. The number of carboxylic acids is 1. The number of esters is 1. The van der Waals surface area contributed by atoms with E-state index in [1.54, 1.807) is 17.6 Å². The maximum Gasteiger partial charge on any atom is 0.332 e. The van der Waals surface area contributed by atoms with Crippen molar-refractivity contribution in [3.63, 3.8) is 0 Å². The standard InChI is InChI=1S/C19H24N4O7S/c24-16(4-2-1-3-15-17-14(10-31-15)20-19(27)21-17)30-12-7-5-11(6-8-12)9-13(18(25)26)22-23(28)29/h5-8,13-15,17,22H,1-4,9-10H2,(H,25,26)(H2,20,21,27)/t13-,14-,15-,17-/m0/s1. The van der Waals surface area contributed by atoms with Crippen molar-refractivity contribution in [2.45, 2.75) is 55.5 Å². The highest BCUT2D eigenvalue weighted by molar-refractivity contribution is 8.00. The predicted molar refractivity (Wildman–Crippen MR) is 111 cm³/mol. The van der Waals surface area contributed by atoms with Gasteiger partial charge >= 0.3 is 18.0 Å². The van der Waals surface area contributed by atoms with Crippen LogP contribution in [0.5, 0.6) is 5.75 Å². The van der Waals surface area contributed by atoms with Crippen LogP contribution in [0.15, 0.2) is 24.3 Å². The third-order valence-electron chi connectivity index (χ3n) is 5.21. The SMILES string of the molecule is O=C1N[C@H]2[C@H](CS[C@H]2CCCCC(=O)Oc2ccc(C[C@H](N[N+](=O)[O-])C(=O)O)cc2)N1. The Morgan fingerprint density at radius 1 is 1.29 bits per heavy atom. The minimum absolute atomic E-state index is 0.0818. The summed E-state index contributed by atoms with van der Waals surface area (Å²) in [4.78, 5) is 45.0. The molecule has 3 rings (SSSR count). The van der Waals surface area contributed by atoms with Crippen molar-refractivity contribution in [1.82, 2.24) is 16.1 Å². The topological polar surface area (TPSA) is 160 Å². The number of benzene rings is 1. The number of fused-ring (bicyclic) bond motifs is 1. The van der Waals surface area contributed by atoms with E-state index in [0.717, 1.165) is 18.6 Å². The molecule has 0 aliphatic carbocycles. The number of ether oxygens (including phenoxy) is 1. The number of nitro groups is 1. The summed E-state index contributed by atoms with van der Waals surface area (Å²) in [5.74, 6) is -0.456. The fourth-order valence-corrected chi connectivity index (χ4v) is 5.23. The summed E-state index contributed by atoms with van der Waals surface area (Å²) in [6.07, 6.45) is 2.64. The molecule has 168 valence electrons. The molecule has 0 spiro atoms. The van der Waals surface area contributed by atoms with E-state index < -0.39 is 17.0 Å². The molecule has 2 heterocycles. The van der Waals surface area contributed by atoms with Crippen molar-refractivity contribution in [3.8, 4) is 5.75 Å². The van der Waals surface area contributed by atoms with Crippen molar-refractivity contribution >= 4 is 29.7 Å². The Morgan fingerprint density at radius 3 is 2.71 bits per heavy atom. The zero-order valence-corrected chi connectivity index (χ0v) is 17.4. The normalized spacial score (nSPS) is 22.7. The number of nitrogens with zero attached hydrogens (tertiary/aromatic N) is 1. The second-order valence-electron chi connectivity index (χ2n) is 7.47. The van der Waals surface area contributed by atoms with Gasteiger partial charge in [0.05, 0.1) is 12.1 Å². The number of hydrogen-bond donors (Lipinski definition) is 4. The monoisotopic (exact) mass is 452 g/mol. The van der Waals surface area contributed by atoms with Crippen LogP contribution in [0.1, 0.15) is 31.2 Å². The Bertz CT molecular complexity index is 835. The van der Waals surface area contributed by atoms with Crippen LogP contribution in [0.25, 0.3) is 0 Å². The number of aliphatic carboxylic acids is 1. The van der Waals surface area contributed by atoms with Gasteiger partial charge in [-0.25, -0.2) is 19.7 Å². The van der Waals surface area contributed by atoms with Crippen LogP contribution in [0, 0.1) is 10.1 Å². The molecule has 2 amide bonds. The molecule has 4 N–H and O–H groups in total. The van der Waals surface area contributed by atoms with Crippen molar-refractivity contribution in [1.29, 1.82) is 0 Å². The van der Waals surface area contributed by atoms with Crippen LogP contribution in [-0.4, -0.2) is 57.2 Å². The molecule has 11 nitrogen and oxygen atoms in total. The van der Waals surface area contributed by atoms with Crippen LogP contribution in [0.4, 0.5) is 4.79 Å². The lowest BCUT2D eigenvalue weighted by Gasteiger charge is -2.16. The second kappa shape index (κ2) is 10.3. The zero-order chi connectivity index (χ0) is 22.4. The summed E-state index contributed by atoms with van der Waals surface area (Å²) in [7, 11) is 0. The molecule has 2 aliphatic heterocycles. The minimum Gasteiger partial charge on any atom is -0.480 e. The van der Waals surface area contributed by atoms with Gasteiger partial charge in [-0.15, -0.1) is 5.43 Å². The summed E-state index contributed by atoms with van der Waals surface area (Å²) in [6.45, 7) is 0. The Hall–Kier alpha value is -3.02. The van der Waals surface area contributed by atoms with Crippen LogP contribution in [0.2, 0.25) is 0 Å². The summed E-state index contributed by atoms with van der Waals surface area (Å²) < 4.78 is 5.29. The second-order valence-corrected chi connectivity index (χ2v) is 8.74. The number of hydrazine groups is 1. The Kier molecular flexibility index (Phi) is 7.55. The summed E-state index contributed by atoms with van der Waals surface area (Å²) in [6, 6.07) is 5.08. The van der Waals surface area contributed by atoms with E-state index in [2.05, 4.69) is 10.6 Å². The first-order chi connectivity index (χ1) is 14.8. The quantitative estimate of drug-likeness (QED) is 0.0962. The maximum atomic E-state index is 12.1. The number of thioether (sulfide) groups is 1. The molecule has 2 fully saturated rings. The molecular formula is C19H24N4O7S. The molecule has 12 heteroatoms. The number of carboxylic acid groups (broad SMARTS) is 1. The van der Waals surface area contributed by atoms with E-state index in [-0.39, 0.29) is 36.9 Å². The number of urea groups is 1. The molecule has 0 saturated carbocycles. The van der Waals surface area contributed by atoms with Gasteiger partial charge in [0.25, 0.3) is 0 Å². The smallest absolute Gasteiger partial charge is 0.332 e. The Balaban J connectivity index is 1.37. The first kappa shape index (κ1) is 22.7. The largest absolute Gasteiger partial charge is 0.480 e. The van der Waals surface area contributed by atoms with E-state index in [4.69, 9.17) is 9.84 Å². The van der Waals surface area contributed by atoms with E-state index in [0.29, 0.717) is 23.0 Å². The van der Waals surface area contributed by atoms with Crippen LogP contribution in [0.3, 0.4) is 0 Å². The first-order valence-corrected chi connectivity index (χ1v) is 11.0. The van der Waals surface area contributed by atoms with E-state index in [1.807, 2.05) is 11.8 Å². The number of unbranched alkanes of at least 4 members (excludes halogenated alkanes) is 1. The van der Waals surface area contributed by atoms with Crippen LogP contribution >= 0.6 is 11.8 Å². The van der Waals surface area contributed by atoms with Crippen molar-refractivity contribution < 1.29 is 29.3 Å². The van der Waals surface area contributed by atoms with Crippen molar-refractivity contribution in [2.75, 3.05) is 5.75 Å². The molecule has 2 saturated heterocycles. The highest BCUT2D eigenvalue weighted by Gasteiger charge is 2.42. The number of rotatable bonds is 11. The van der Waals surface area contributed by atoms with Crippen molar-refractivity contribution in [2.24, 2.45) is 0 Å². The molecule has 1 aromatic carbocycles. The van der Waals surface area contributed by atoms with Gasteiger partial charge in [-0.1, -0.05) is 18.6 Å². The van der Waals surface area contributed by atoms with Gasteiger partial charge in [-0.2, -0.15) is 11.8 Å². The van der Waals surface area contributed by atoms with Gasteiger partial charge in [0, 0.05) is 23.8 Å². The van der Waals surface area contributed by atoms with Crippen molar-refractivity contribution in [3.05, 3.63) is 39.9 Å². The minimum atomic E-state index is -1.36. The highest BCUT2D eigenvalue weighted by Crippen LogP contribution is 2.33. The third kappa shape index (κ3) is 6.48. The zero-order valence-electron chi connectivity index (χ0n) is 16.6. The molecule has 31 heavy (non-hydrogen) atoms. The Labute approximate surface area is 182 Å². The van der Waals surface area contributed by atoms with Gasteiger partial charge < -0.3 is 20.5 Å². The highest BCUT2D eigenvalue weighted by atomic mass is 32.2. The molecular weight excluding hydrogens is 428 g/mol. The fourth-order valence-electron chi connectivity index (χ4n) is 3.69. The lowest BCUT2D eigenvalue weighted by atomic mass is 10.0. The van der Waals surface area contributed by atoms with E-state index in [1.165, 1.54) is 12.1 Å². The molecule has 1 aromatic rings. The van der Waals surface area contributed by atoms with Gasteiger partial charge in [0.15, 0.2) is 11.1 Å². The third-order valence-corrected chi connectivity index (χ3v) is 6.72. The number of amides is 2. The predicted octanol–water partition coefficient (Wildman–Crippen LogP) is 1.09. The van der Waals surface area contributed by atoms with Gasteiger partial charge in [-0.05, 0) is 30.5 Å². The average Bonchev–Trinajstić information content (AvgIpc) is 3.25. The fraction of sp³-hybridized carbons (Fsp3) is 0.526. The number of nitrogens with one attached hydrogen (secondary N) is 3. The van der Waals surface area contributed by atoms with Gasteiger partial charge in [0.2, 0.25) is 0 Å². The van der Waals surface area contributed by atoms with Crippen LogP contribution in [-0.2, 0) is 16.0 Å². The van der Waals surface area contributed by atoms with Crippen LogP contribution < -0.4 is 20.8 Å². The molecule has 0 unspecified atom stereocenters. The number of carbonyl (C=O) groups is 3. The molecule has 0 bridgehead atoms. The summed E-state index contributed by atoms with van der Waals surface area (Å²) >= 11 is 1.84. The number of hydrogen-bond acceptors (Lipinski definition) is 7. The first-order valence-electron chi connectivity index (χ1n) is 9.93. The van der Waals surface area contributed by atoms with E-state index in [9.17, 15) is 24.5 Å². The summed E-state index contributed by atoms with van der Waals surface area (Å²) in [5.41, 5.74) is 2.31. The molecule has 0 radical (unpaired) electrons. The number of carbonyl (C=O) groups excluding carboxylic acids is 2. The summed E-state index contributed by atoms with van der Waals surface area (Å²) in [5, 5.41) is 24.8. The van der Waals surface area contributed by atoms with Gasteiger partial charge in [-0.3, -0.25) is 4.79 Å². The Morgan fingerprint density at radius 2 is 2.03 bits per heavy atom. The van der Waals surface area contributed by atoms with Gasteiger partial charge in [0.1, 0.15) is 5.75 Å². The van der Waals surface area contributed by atoms with E-state index >= 15 is 0 Å². The maximum absolute atomic E-state index is 12.1. The molecule has 2 aliphatic rings. The average molecular weight is 452 g/mol.